The molecule has 0 aliphatic rings. The van der Waals surface area contributed by atoms with E-state index in [4.69, 9.17) is 11.6 Å². The quantitative estimate of drug-likeness (QED) is 0.399. The van der Waals surface area contributed by atoms with Crippen LogP contribution in [-0.4, -0.2) is 11.8 Å². The molecular formula is C8H16ClNO. The zero-order valence-electron chi connectivity index (χ0n) is 6.98. The van der Waals surface area contributed by atoms with Crippen LogP contribution < -0.4 is 5.73 Å². The molecule has 0 radical (unpaired) electrons. The Morgan fingerprint density at radius 1 is 1.64 bits per heavy atom. The molecule has 0 unspecified atom stereocenters. The minimum Gasteiger partial charge on any atom is -0.366 e. The highest BCUT2D eigenvalue weighted by molar-refractivity contribution is 6.17. The van der Waals surface area contributed by atoms with Crippen LogP contribution in [0.3, 0.4) is 0 Å². The number of hydrogen-bond donors (Lipinski definition) is 1. The highest BCUT2D eigenvalue weighted by atomic mass is 35.5. The summed E-state index contributed by atoms with van der Waals surface area (Å²) in [5, 5.41) is 0. The molecule has 0 saturated carbocycles. The summed E-state index contributed by atoms with van der Waals surface area (Å²) in [6.07, 6.45) is 4.79. The average molecular weight is 178 g/mol. The number of unbranched alkanes of at least 4 members (excludes halogenated alkanes) is 2. The largest absolute Gasteiger partial charge is 0.366 e. The monoisotopic (exact) mass is 177 g/mol. The van der Waals surface area contributed by atoms with Crippen molar-refractivity contribution in [2.45, 2.75) is 26.2 Å². The van der Waals surface area contributed by atoms with E-state index in [2.05, 4.69) is 19.2 Å². The van der Waals surface area contributed by atoms with E-state index >= 15 is 0 Å². The molecule has 0 aliphatic carbocycles. The summed E-state index contributed by atoms with van der Waals surface area (Å²) >= 11 is 5.38. The van der Waals surface area contributed by atoms with Gasteiger partial charge in [-0.1, -0.05) is 26.3 Å². The Hall–Kier alpha value is -0.500. The smallest absolute Gasteiger partial charge is 0.240 e. The van der Waals surface area contributed by atoms with Gasteiger partial charge in [0.05, 0.1) is 0 Å². The van der Waals surface area contributed by atoms with E-state index < -0.39 is 5.91 Å². The Bertz CT molecular complexity index is 100. The second kappa shape index (κ2) is 12.2. The first-order valence-corrected chi connectivity index (χ1v) is 4.20. The first kappa shape index (κ1) is 13.1. The van der Waals surface area contributed by atoms with Crippen LogP contribution in [0.5, 0.6) is 0 Å². The highest BCUT2D eigenvalue weighted by Gasteiger charge is 1.76. The predicted molar refractivity (Wildman–Crippen MR) is 49.6 cm³/mol. The highest BCUT2D eigenvalue weighted by Crippen LogP contribution is 1.93. The molecule has 0 aromatic heterocycles. The molecule has 0 spiro atoms. The van der Waals surface area contributed by atoms with E-state index in [0.29, 0.717) is 0 Å². The molecule has 3 heteroatoms. The molecule has 0 aliphatic heterocycles. The molecule has 0 bridgehead atoms. The summed E-state index contributed by atoms with van der Waals surface area (Å²) in [5.74, 6) is 0.346. The molecule has 0 aromatic rings. The van der Waals surface area contributed by atoms with E-state index in [1.54, 1.807) is 0 Å². The fourth-order valence-electron chi connectivity index (χ4n) is 0.344. The fourth-order valence-corrected chi connectivity index (χ4v) is 0.533. The van der Waals surface area contributed by atoms with Gasteiger partial charge >= 0.3 is 0 Å². The first-order chi connectivity index (χ1) is 5.18. The van der Waals surface area contributed by atoms with Gasteiger partial charge in [-0.15, -0.1) is 11.6 Å². The standard InChI is InChI=1S/C5H11Cl.C3H5NO/c1-2-3-4-5-6;1-2-3(4)5/h2-5H2,1H3;2H,1H2,(H2,4,5). The van der Waals surface area contributed by atoms with Gasteiger partial charge in [-0.05, 0) is 12.5 Å². The Morgan fingerprint density at radius 3 is 2.18 bits per heavy atom. The molecule has 2 N–H and O–H groups in total. The molecule has 66 valence electrons. The van der Waals surface area contributed by atoms with Crippen molar-refractivity contribution in [3.05, 3.63) is 12.7 Å². The molecule has 2 nitrogen and oxygen atoms in total. The van der Waals surface area contributed by atoms with Crippen LogP contribution in [-0.2, 0) is 4.79 Å². The van der Waals surface area contributed by atoms with Crippen molar-refractivity contribution in [3.63, 3.8) is 0 Å². The van der Waals surface area contributed by atoms with Crippen LogP contribution in [0.2, 0.25) is 0 Å². The number of hydrogen-bond acceptors (Lipinski definition) is 1. The fraction of sp³-hybridized carbons (Fsp3) is 0.625. The van der Waals surface area contributed by atoms with Crippen molar-refractivity contribution in [1.82, 2.24) is 0 Å². The Kier molecular flexibility index (Phi) is 14.5. The number of primary amides is 1. The number of rotatable bonds is 4. The van der Waals surface area contributed by atoms with Crippen LogP contribution in [0.1, 0.15) is 26.2 Å². The van der Waals surface area contributed by atoms with Gasteiger partial charge in [0.15, 0.2) is 0 Å². The summed E-state index contributed by atoms with van der Waals surface area (Å²) in [6.45, 7) is 5.26. The lowest BCUT2D eigenvalue weighted by Gasteiger charge is -1.84. The van der Waals surface area contributed by atoms with Gasteiger partial charge in [0.1, 0.15) is 0 Å². The number of carbonyl (C=O) groups excluding carboxylic acids is 1. The van der Waals surface area contributed by atoms with Crippen molar-refractivity contribution in [3.8, 4) is 0 Å². The van der Waals surface area contributed by atoms with E-state index in [1.165, 1.54) is 19.3 Å². The van der Waals surface area contributed by atoms with Crippen LogP contribution in [0, 0.1) is 0 Å². The molecule has 0 fully saturated rings. The summed E-state index contributed by atoms with van der Waals surface area (Å²) in [7, 11) is 0. The van der Waals surface area contributed by atoms with E-state index in [0.717, 1.165) is 12.0 Å². The topological polar surface area (TPSA) is 43.1 Å². The minimum absolute atomic E-state index is 0.481. The molecular weight excluding hydrogens is 162 g/mol. The molecule has 0 saturated heterocycles. The summed E-state index contributed by atoms with van der Waals surface area (Å²) in [6, 6.07) is 0. The van der Waals surface area contributed by atoms with Crippen molar-refractivity contribution in [2.75, 3.05) is 5.88 Å². The number of amides is 1. The van der Waals surface area contributed by atoms with Crippen molar-refractivity contribution in [2.24, 2.45) is 5.73 Å². The lowest BCUT2D eigenvalue weighted by Crippen LogP contribution is -2.04. The SMILES string of the molecule is C=CC(N)=O.CCCCCCl. The van der Waals surface area contributed by atoms with Crippen molar-refractivity contribution in [1.29, 1.82) is 0 Å². The molecule has 0 atom stereocenters. The molecule has 0 aromatic carbocycles. The average Bonchev–Trinajstić information content (AvgIpc) is 2.02. The van der Waals surface area contributed by atoms with Crippen molar-refractivity contribution < 1.29 is 4.79 Å². The number of halogens is 1. The number of nitrogens with two attached hydrogens (primary N) is 1. The maximum Gasteiger partial charge on any atom is 0.240 e. The van der Waals surface area contributed by atoms with E-state index in [1.807, 2.05) is 0 Å². The minimum atomic E-state index is -0.481. The second-order valence-corrected chi connectivity index (χ2v) is 2.38. The van der Waals surface area contributed by atoms with Gasteiger partial charge in [-0.25, -0.2) is 0 Å². The zero-order valence-corrected chi connectivity index (χ0v) is 7.73. The van der Waals surface area contributed by atoms with E-state index in [-0.39, 0.29) is 0 Å². The second-order valence-electron chi connectivity index (χ2n) is 2.00. The first-order valence-electron chi connectivity index (χ1n) is 3.66. The van der Waals surface area contributed by atoms with Gasteiger partial charge in [-0.3, -0.25) is 4.79 Å². The molecule has 0 heterocycles. The number of alkyl halides is 1. The molecule has 1 amide bonds. The van der Waals surface area contributed by atoms with Gasteiger partial charge in [0.25, 0.3) is 0 Å². The Labute approximate surface area is 73.4 Å². The summed E-state index contributed by atoms with van der Waals surface area (Å²) in [5.41, 5.74) is 4.53. The molecule has 0 rings (SSSR count). The Morgan fingerprint density at radius 2 is 2.09 bits per heavy atom. The lowest BCUT2D eigenvalue weighted by molar-refractivity contribution is -0.113. The van der Waals surface area contributed by atoms with Crippen LogP contribution in [0.4, 0.5) is 0 Å². The molecule has 11 heavy (non-hydrogen) atoms. The maximum absolute atomic E-state index is 9.47. The zero-order chi connectivity index (χ0) is 9.11. The van der Waals surface area contributed by atoms with Gasteiger partial charge in [-0.2, -0.15) is 0 Å². The van der Waals surface area contributed by atoms with Crippen LogP contribution in [0.25, 0.3) is 0 Å². The summed E-state index contributed by atoms with van der Waals surface area (Å²) in [4.78, 5) is 9.47. The van der Waals surface area contributed by atoms with Crippen molar-refractivity contribution >= 4 is 17.5 Å². The lowest BCUT2D eigenvalue weighted by atomic mass is 10.3. The third kappa shape index (κ3) is 26.4. The van der Waals surface area contributed by atoms with Crippen LogP contribution in [0.15, 0.2) is 12.7 Å². The van der Waals surface area contributed by atoms with E-state index in [9.17, 15) is 4.79 Å². The third-order valence-corrected chi connectivity index (χ3v) is 1.21. The van der Waals surface area contributed by atoms with Gasteiger partial charge in [0, 0.05) is 5.88 Å². The normalized spacial score (nSPS) is 7.82. The van der Waals surface area contributed by atoms with Gasteiger partial charge in [0.2, 0.25) is 5.91 Å². The Balaban J connectivity index is 0. The third-order valence-electron chi connectivity index (χ3n) is 0.938. The van der Waals surface area contributed by atoms with Gasteiger partial charge < -0.3 is 5.73 Å². The van der Waals surface area contributed by atoms with Crippen LogP contribution >= 0.6 is 11.6 Å². The predicted octanol–water partition coefficient (Wildman–Crippen LogP) is 2.07. The number of carbonyl (C=O) groups is 1. The summed E-state index contributed by atoms with van der Waals surface area (Å²) < 4.78 is 0. The maximum atomic E-state index is 9.47.